The van der Waals surface area contributed by atoms with E-state index < -0.39 is 0 Å². The molecule has 0 bridgehead atoms. The fourth-order valence-electron chi connectivity index (χ4n) is 2.82. The van der Waals surface area contributed by atoms with Crippen LogP contribution in [0.5, 0.6) is 5.75 Å². The van der Waals surface area contributed by atoms with Gasteiger partial charge in [-0.2, -0.15) is 0 Å². The Balaban J connectivity index is 1.66. The van der Waals surface area contributed by atoms with Gasteiger partial charge < -0.3 is 19.5 Å². The molecular weight excluding hydrogens is 356 g/mol. The molecule has 0 saturated carbocycles. The molecule has 7 heteroatoms. The predicted molar refractivity (Wildman–Crippen MR) is 97.5 cm³/mol. The summed E-state index contributed by atoms with van der Waals surface area (Å²) in [5.74, 6) is 0.229. The molecule has 0 spiro atoms. The van der Waals surface area contributed by atoms with E-state index >= 15 is 0 Å². The smallest absolute Gasteiger partial charge is 0.255 e. The highest BCUT2D eigenvalue weighted by Crippen LogP contribution is 2.23. The van der Waals surface area contributed by atoms with Crippen molar-refractivity contribution in [3.63, 3.8) is 0 Å². The van der Waals surface area contributed by atoms with Crippen molar-refractivity contribution in [3.05, 3.63) is 58.9 Å². The van der Waals surface area contributed by atoms with Gasteiger partial charge >= 0.3 is 0 Å². The second-order valence-corrected chi connectivity index (χ2v) is 6.40. The lowest BCUT2D eigenvalue weighted by molar-refractivity contribution is -0.0743. The van der Waals surface area contributed by atoms with E-state index in [0.717, 1.165) is 5.69 Å². The Morgan fingerprint density at radius 1 is 1.38 bits per heavy atom. The van der Waals surface area contributed by atoms with Gasteiger partial charge in [0.05, 0.1) is 37.6 Å². The van der Waals surface area contributed by atoms with E-state index in [9.17, 15) is 4.79 Å². The molecule has 1 aromatic carbocycles. The van der Waals surface area contributed by atoms with E-state index in [1.165, 1.54) is 7.11 Å². The quantitative estimate of drug-likeness (QED) is 0.839. The first-order valence-corrected chi connectivity index (χ1v) is 8.79. The van der Waals surface area contributed by atoms with Crippen molar-refractivity contribution in [1.82, 2.24) is 10.3 Å². The number of ether oxygens (including phenoxy) is 3. The number of carbonyl (C=O) groups is 1. The number of benzene rings is 1. The lowest BCUT2D eigenvalue weighted by atomic mass is 10.0. The van der Waals surface area contributed by atoms with Crippen LogP contribution in [0.4, 0.5) is 0 Å². The van der Waals surface area contributed by atoms with Crippen molar-refractivity contribution >= 4 is 17.5 Å². The van der Waals surface area contributed by atoms with Crippen LogP contribution in [0, 0.1) is 0 Å². The first-order valence-electron chi connectivity index (χ1n) is 8.41. The molecule has 1 fully saturated rings. The largest absolute Gasteiger partial charge is 0.496 e. The van der Waals surface area contributed by atoms with Gasteiger partial charge in [0.2, 0.25) is 0 Å². The topological polar surface area (TPSA) is 69.7 Å². The SMILES string of the molecule is COc1ccc(Cl)cc1C(=O)N[C@@H]1CCOC[C@H]1OCc1ccccn1. The zero-order valence-corrected chi connectivity index (χ0v) is 15.2. The second-order valence-electron chi connectivity index (χ2n) is 5.96. The van der Waals surface area contributed by atoms with Gasteiger partial charge in [0.1, 0.15) is 11.9 Å². The van der Waals surface area contributed by atoms with Gasteiger partial charge in [-0.15, -0.1) is 0 Å². The van der Waals surface area contributed by atoms with Crippen LogP contribution in [0.15, 0.2) is 42.6 Å². The van der Waals surface area contributed by atoms with Crippen LogP contribution in [-0.2, 0) is 16.1 Å². The van der Waals surface area contributed by atoms with Gasteiger partial charge in [0.15, 0.2) is 0 Å². The Hall–Kier alpha value is -2.15. The Labute approximate surface area is 157 Å². The van der Waals surface area contributed by atoms with Crippen LogP contribution >= 0.6 is 11.6 Å². The zero-order valence-electron chi connectivity index (χ0n) is 14.5. The maximum atomic E-state index is 12.7. The van der Waals surface area contributed by atoms with E-state index in [1.54, 1.807) is 24.4 Å². The van der Waals surface area contributed by atoms with E-state index in [2.05, 4.69) is 10.3 Å². The molecule has 138 valence electrons. The number of hydrogen-bond donors (Lipinski definition) is 1. The van der Waals surface area contributed by atoms with Crippen LogP contribution in [0.3, 0.4) is 0 Å². The van der Waals surface area contributed by atoms with E-state index in [1.807, 2.05) is 18.2 Å². The van der Waals surface area contributed by atoms with E-state index in [0.29, 0.717) is 42.6 Å². The third-order valence-corrected chi connectivity index (χ3v) is 4.43. The third kappa shape index (κ3) is 4.72. The van der Waals surface area contributed by atoms with Crippen molar-refractivity contribution in [2.75, 3.05) is 20.3 Å². The molecule has 6 nitrogen and oxygen atoms in total. The van der Waals surface area contributed by atoms with Crippen LogP contribution in [-0.4, -0.2) is 43.4 Å². The number of rotatable bonds is 6. The van der Waals surface area contributed by atoms with E-state index in [-0.39, 0.29) is 18.1 Å². The number of pyridine rings is 1. The minimum Gasteiger partial charge on any atom is -0.496 e. The molecule has 2 heterocycles. The molecule has 0 unspecified atom stereocenters. The number of nitrogens with zero attached hydrogens (tertiary/aromatic N) is 1. The summed E-state index contributed by atoms with van der Waals surface area (Å²) < 4.78 is 16.7. The maximum absolute atomic E-state index is 12.7. The molecule has 1 amide bonds. The molecule has 0 radical (unpaired) electrons. The highest BCUT2D eigenvalue weighted by molar-refractivity contribution is 6.31. The van der Waals surface area contributed by atoms with Crippen LogP contribution < -0.4 is 10.1 Å². The summed E-state index contributed by atoms with van der Waals surface area (Å²) in [7, 11) is 1.52. The summed E-state index contributed by atoms with van der Waals surface area (Å²) >= 11 is 6.02. The number of hydrogen-bond acceptors (Lipinski definition) is 5. The Morgan fingerprint density at radius 3 is 3.04 bits per heavy atom. The Kier molecular flexibility index (Phi) is 6.44. The first-order chi connectivity index (χ1) is 12.7. The van der Waals surface area contributed by atoms with E-state index in [4.69, 9.17) is 25.8 Å². The average Bonchev–Trinajstić information content (AvgIpc) is 2.68. The molecule has 1 aliphatic heterocycles. The summed E-state index contributed by atoms with van der Waals surface area (Å²) in [4.78, 5) is 17.0. The first kappa shape index (κ1) is 18.6. The minimum absolute atomic E-state index is 0.163. The summed E-state index contributed by atoms with van der Waals surface area (Å²) in [6.45, 7) is 1.35. The summed E-state index contributed by atoms with van der Waals surface area (Å²) in [5, 5.41) is 3.50. The monoisotopic (exact) mass is 376 g/mol. The second kappa shape index (κ2) is 8.98. The van der Waals surface area contributed by atoms with Crippen molar-refractivity contribution in [2.24, 2.45) is 0 Å². The maximum Gasteiger partial charge on any atom is 0.255 e. The molecule has 26 heavy (non-hydrogen) atoms. The Bertz CT molecular complexity index is 742. The standard InChI is InChI=1S/C19H21ClN2O4/c1-24-17-6-5-13(20)10-15(17)19(23)22-16-7-9-25-12-18(16)26-11-14-4-2-3-8-21-14/h2-6,8,10,16,18H,7,9,11-12H2,1H3,(H,22,23)/t16-,18-/m1/s1. The van der Waals surface area contributed by atoms with Crippen molar-refractivity contribution < 1.29 is 19.0 Å². The number of carbonyl (C=O) groups excluding carboxylic acids is 1. The number of methoxy groups -OCH3 is 1. The predicted octanol–water partition coefficient (Wildman–Crippen LogP) is 2.85. The molecule has 1 aliphatic rings. The van der Waals surface area contributed by atoms with Gasteiger partial charge in [-0.3, -0.25) is 9.78 Å². The lowest BCUT2D eigenvalue weighted by Crippen LogP contribution is -2.50. The zero-order chi connectivity index (χ0) is 18.4. The fraction of sp³-hybridized carbons (Fsp3) is 0.368. The molecule has 2 atom stereocenters. The summed E-state index contributed by atoms with van der Waals surface area (Å²) in [5.41, 5.74) is 1.23. The lowest BCUT2D eigenvalue weighted by Gasteiger charge is -2.32. The number of amides is 1. The fourth-order valence-corrected chi connectivity index (χ4v) is 2.99. The minimum atomic E-state index is -0.250. The molecule has 2 aromatic rings. The van der Waals surface area contributed by atoms with Crippen molar-refractivity contribution in [1.29, 1.82) is 0 Å². The van der Waals surface area contributed by atoms with Crippen LogP contribution in [0.2, 0.25) is 5.02 Å². The molecule has 3 rings (SSSR count). The number of halogens is 1. The number of nitrogens with one attached hydrogen (secondary N) is 1. The third-order valence-electron chi connectivity index (χ3n) is 4.20. The van der Waals surface area contributed by atoms with Gasteiger partial charge in [-0.05, 0) is 36.8 Å². The highest BCUT2D eigenvalue weighted by atomic mass is 35.5. The molecule has 1 saturated heterocycles. The van der Waals surface area contributed by atoms with Gasteiger partial charge in [-0.25, -0.2) is 0 Å². The molecular formula is C19H21ClN2O4. The number of aromatic nitrogens is 1. The van der Waals surface area contributed by atoms with Crippen LogP contribution in [0.25, 0.3) is 0 Å². The normalized spacial score (nSPS) is 19.8. The van der Waals surface area contributed by atoms with Gasteiger partial charge in [0, 0.05) is 17.8 Å². The van der Waals surface area contributed by atoms with Gasteiger partial charge in [-0.1, -0.05) is 17.7 Å². The average molecular weight is 377 g/mol. The Morgan fingerprint density at radius 2 is 2.27 bits per heavy atom. The van der Waals surface area contributed by atoms with Crippen molar-refractivity contribution in [2.45, 2.75) is 25.2 Å². The van der Waals surface area contributed by atoms with Crippen molar-refractivity contribution in [3.8, 4) is 5.75 Å². The molecule has 1 N–H and O–H groups in total. The van der Waals surface area contributed by atoms with Crippen LogP contribution in [0.1, 0.15) is 22.5 Å². The summed E-state index contributed by atoms with van der Waals surface area (Å²) in [6, 6.07) is 10.5. The molecule has 0 aliphatic carbocycles. The highest BCUT2D eigenvalue weighted by Gasteiger charge is 2.29. The summed E-state index contributed by atoms with van der Waals surface area (Å²) in [6.07, 6.45) is 2.14. The molecule has 1 aromatic heterocycles. The van der Waals surface area contributed by atoms with Gasteiger partial charge in [0.25, 0.3) is 5.91 Å².